The number of aryl methyl sites for hydroxylation is 1. The van der Waals surface area contributed by atoms with E-state index in [0.717, 1.165) is 16.6 Å². The SMILES string of the molecule is CCOC(=O)c1c(C)nn(-c2n[nH]c3ccccc23)c1C. The summed E-state index contributed by atoms with van der Waals surface area (Å²) in [5.74, 6) is 0.334. The molecule has 0 atom stereocenters. The molecule has 3 rings (SSSR count). The largest absolute Gasteiger partial charge is 0.462 e. The summed E-state index contributed by atoms with van der Waals surface area (Å²) in [7, 11) is 0. The number of esters is 1. The monoisotopic (exact) mass is 284 g/mol. The van der Waals surface area contributed by atoms with Gasteiger partial charge in [-0.1, -0.05) is 12.1 Å². The highest BCUT2D eigenvalue weighted by atomic mass is 16.5. The van der Waals surface area contributed by atoms with Crippen molar-refractivity contribution in [2.75, 3.05) is 6.61 Å². The summed E-state index contributed by atoms with van der Waals surface area (Å²) in [5, 5.41) is 12.7. The molecule has 1 N–H and O–H groups in total. The van der Waals surface area contributed by atoms with Gasteiger partial charge in [0.2, 0.25) is 0 Å². The van der Waals surface area contributed by atoms with Crippen LogP contribution in [-0.2, 0) is 4.74 Å². The molecule has 0 bridgehead atoms. The van der Waals surface area contributed by atoms with Gasteiger partial charge in [0.15, 0.2) is 5.82 Å². The van der Waals surface area contributed by atoms with E-state index in [4.69, 9.17) is 4.74 Å². The molecule has 0 radical (unpaired) electrons. The molecule has 0 aliphatic carbocycles. The van der Waals surface area contributed by atoms with Crippen molar-refractivity contribution in [2.24, 2.45) is 0 Å². The molecule has 3 aromatic rings. The zero-order valence-corrected chi connectivity index (χ0v) is 12.2. The Hall–Kier alpha value is -2.63. The average molecular weight is 284 g/mol. The Morgan fingerprint density at radius 2 is 2.10 bits per heavy atom. The fraction of sp³-hybridized carbons (Fsp3) is 0.267. The van der Waals surface area contributed by atoms with Crippen LogP contribution < -0.4 is 0 Å². The number of hydrogen-bond donors (Lipinski definition) is 1. The first-order valence-corrected chi connectivity index (χ1v) is 6.80. The maximum atomic E-state index is 12.0. The van der Waals surface area contributed by atoms with Gasteiger partial charge in [0, 0.05) is 5.39 Å². The predicted molar refractivity (Wildman–Crippen MR) is 78.6 cm³/mol. The summed E-state index contributed by atoms with van der Waals surface area (Å²) in [6, 6.07) is 7.80. The van der Waals surface area contributed by atoms with Crippen LogP contribution in [0.3, 0.4) is 0 Å². The van der Waals surface area contributed by atoms with Gasteiger partial charge in [-0.3, -0.25) is 5.10 Å². The van der Waals surface area contributed by atoms with Crippen LogP contribution in [0.5, 0.6) is 0 Å². The van der Waals surface area contributed by atoms with Crippen molar-refractivity contribution in [3.8, 4) is 5.82 Å². The number of ether oxygens (including phenoxy) is 1. The third-order valence-corrected chi connectivity index (χ3v) is 3.42. The number of para-hydroxylation sites is 1. The standard InChI is InChI=1S/C15H16N4O2/c1-4-21-15(20)13-9(2)18-19(10(13)3)14-11-7-5-6-8-12(11)16-17-14/h5-8H,4H2,1-3H3,(H,16,17). The molecular formula is C15H16N4O2. The minimum atomic E-state index is -0.349. The summed E-state index contributed by atoms with van der Waals surface area (Å²) in [5.41, 5.74) is 2.79. The van der Waals surface area contributed by atoms with Gasteiger partial charge < -0.3 is 4.74 Å². The minimum Gasteiger partial charge on any atom is -0.462 e. The number of H-pyrrole nitrogens is 1. The number of carbonyl (C=O) groups is 1. The third-order valence-electron chi connectivity index (χ3n) is 3.42. The van der Waals surface area contributed by atoms with E-state index in [1.165, 1.54) is 0 Å². The van der Waals surface area contributed by atoms with E-state index >= 15 is 0 Å². The number of nitrogens with zero attached hydrogens (tertiary/aromatic N) is 3. The van der Waals surface area contributed by atoms with Crippen molar-refractivity contribution in [3.63, 3.8) is 0 Å². The molecule has 0 fully saturated rings. The van der Waals surface area contributed by atoms with Crippen LogP contribution in [0, 0.1) is 13.8 Å². The van der Waals surface area contributed by atoms with Gasteiger partial charge in [0.1, 0.15) is 5.56 Å². The van der Waals surface area contributed by atoms with E-state index in [-0.39, 0.29) is 5.97 Å². The smallest absolute Gasteiger partial charge is 0.341 e. The Kier molecular flexibility index (Phi) is 3.21. The second kappa shape index (κ2) is 5.05. The molecule has 108 valence electrons. The Balaban J connectivity index is 2.16. The van der Waals surface area contributed by atoms with Gasteiger partial charge in [0.25, 0.3) is 0 Å². The maximum absolute atomic E-state index is 12.0. The lowest BCUT2D eigenvalue weighted by Crippen LogP contribution is -2.08. The van der Waals surface area contributed by atoms with Gasteiger partial charge in [-0.05, 0) is 32.9 Å². The summed E-state index contributed by atoms with van der Waals surface area (Å²) < 4.78 is 6.77. The van der Waals surface area contributed by atoms with Crippen molar-refractivity contribution in [3.05, 3.63) is 41.2 Å². The number of aromatic nitrogens is 4. The quantitative estimate of drug-likeness (QED) is 0.750. The normalized spacial score (nSPS) is 11.0. The molecule has 2 aromatic heterocycles. The van der Waals surface area contributed by atoms with E-state index < -0.39 is 0 Å². The van der Waals surface area contributed by atoms with Crippen molar-refractivity contribution in [2.45, 2.75) is 20.8 Å². The average Bonchev–Trinajstić information content (AvgIpc) is 3.00. The number of benzene rings is 1. The van der Waals surface area contributed by atoms with Crippen molar-refractivity contribution in [1.29, 1.82) is 0 Å². The molecule has 6 nitrogen and oxygen atoms in total. The van der Waals surface area contributed by atoms with E-state index in [0.29, 0.717) is 23.7 Å². The predicted octanol–water partition coefficient (Wildman–Crippen LogP) is 2.54. The van der Waals surface area contributed by atoms with Gasteiger partial charge in [-0.25, -0.2) is 9.48 Å². The molecule has 0 spiro atoms. The number of hydrogen-bond acceptors (Lipinski definition) is 4. The number of carbonyl (C=O) groups excluding carboxylic acids is 1. The summed E-state index contributed by atoms with van der Waals surface area (Å²) >= 11 is 0. The zero-order chi connectivity index (χ0) is 15.0. The molecule has 6 heteroatoms. The molecule has 0 unspecified atom stereocenters. The van der Waals surface area contributed by atoms with Crippen LogP contribution in [0.2, 0.25) is 0 Å². The van der Waals surface area contributed by atoms with Crippen LogP contribution in [-0.4, -0.2) is 32.6 Å². The Morgan fingerprint density at radius 1 is 1.33 bits per heavy atom. The van der Waals surface area contributed by atoms with Crippen LogP contribution in [0.1, 0.15) is 28.7 Å². The zero-order valence-electron chi connectivity index (χ0n) is 12.2. The van der Waals surface area contributed by atoms with E-state index in [9.17, 15) is 4.79 Å². The lowest BCUT2D eigenvalue weighted by Gasteiger charge is -2.03. The van der Waals surface area contributed by atoms with Gasteiger partial charge in [0.05, 0.1) is 23.5 Å². The van der Waals surface area contributed by atoms with E-state index in [1.54, 1.807) is 18.5 Å². The van der Waals surface area contributed by atoms with Gasteiger partial charge >= 0.3 is 5.97 Å². The second-order valence-corrected chi connectivity index (χ2v) is 4.77. The first kappa shape index (κ1) is 13.4. The third kappa shape index (κ3) is 2.08. The van der Waals surface area contributed by atoms with Crippen LogP contribution in [0.4, 0.5) is 0 Å². The van der Waals surface area contributed by atoms with E-state index in [2.05, 4.69) is 15.3 Å². The number of nitrogens with one attached hydrogen (secondary N) is 1. The summed E-state index contributed by atoms with van der Waals surface area (Å²) in [4.78, 5) is 12.0. The lowest BCUT2D eigenvalue weighted by atomic mass is 10.2. The molecule has 0 saturated carbocycles. The topological polar surface area (TPSA) is 72.8 Å². The highest BCUT2D eigenvalue weighted by molar-refractivity contribution is 5.92. The summed E-state index contributed by atoms with van der Waals surface area (Å²) in [6.45, 7) is 5.77. The first-order chi connectivity index (χ1) is 10.1. The van der Waals surface area contributed by atoms with Crippen LogP contribution >= 0.6 is 0 Å². The Labute approximate surface area is 121 Å². The molecule has 0 aliphatic rings. The highest BCUT2D eigenvalue weighted by Crippen LogP contribution is 2.23. The number of aromatic amines is 1. The Bertz CT molecular complexity index is 816. The van der Waals surface area contributed by atoms with Crippen LogP contribution in [0.15, 0.2) is 24.3 Å². The second-order valence-electron chi connectivity index (χ2n) is 4.77. The molecule has 0 saturated heterocycles. The molecule has 2 heterocycles. The molecule has 21 heavy (non-hydrogen) atoms. The first-order valence-electron chi connectivity index (χ1n) is 6.80. The number of fused-ring (bicyclic) bond motifs is 1. The maximum Gasteiger partial charge on any atom is 0.341 e. The van der Waals surface area contributed by atoms with Crippen molar-refractivity contribution < 1.29 is 9.53 Å². The van der Waals surface area contributed by atoms with Gasteiger partial charge in [-0.15, -0.1) is 0 Å². The fourth-order valence-corrected chi connectivity index (χ4v) is 2.46. The summed E-state index contributed by atoms with van der Waals surface area (Å²) in [6.07, 6.45) is 0. The van der Waals surface area contributed by atoms with Crippen LogP contribution in [0.25, 0.3) is 16.7 Å². The Morgan fingerprint density at radius 3 is 2.86 bits per heavy atom. The molecule has 0 aliphatic heterocycles. The number of rotatable bonds is 3. The molecule has 0 amide bonds. The highest BCUT2D eigenvalue weighted by Gasteiger charge is 2.22. The minimum absolute atomic E-state index is 0.341. The fourth-order valence-electron chi connectivity index (χ4n) is 2.46. The van der Waals surface area contributed by atoms with Crippen molar-refractivity contribution >= 4 is 16.9 Å². The lowest BCUT2D eigenvalue weighted by molar-refractivity contribution is 0.0524. The molecule has 1 aromatic carbocycles. The van der Waals surface area contributed by atoms with E-state index in [1.807, 2.05) is 31.2 Å². The van der Waals surface area contributed by atoms with Gasteiger partial charge in [-0.2, -0.15) is 10.2 Å². The molecular weight excluding hydrogens is 268 g/mol. The van der Waals surface area contributed by atoms with Crippen molar-refractivity contribution in [1.82, 2.24) is 20.0 Å².